The molecule has 0 unspecified atom stereocenters. The SMILES string of the molecule is C[C@H](Oc1ccn(-c2ccccc2)n1)C(=O)Nc1ccccc1. The number of rotatable bonds is 5. The van der Waals surface area contributed by atoms with Crippen LogP contribution < -0.4 is 10.1 Å². The van der Waals surface area contributed by atoms with Gasteiger partial charge < -0.3 is 10.1 Å². The predicted octanol–water partition coefficient (Wildman–Crippen LogP) is 3.28. The van der Waals surface area contributed by atoms with E-state index in [4.69, 9.17) is 4.74 Å². The number of hydrogen-bond acceptors (Lipinski definition) is 3. The summed E-state index contributed by atoms with van der Waals surface area (Å²) in [5.74, 6) is 0.190. The second kappa shape index (κ2) is 6.79. The average Bonchev–Trinajstić information content (AvgIpc) is 3.05. The first-order valence-electron chi connectivity index (χ1n) is 7.36. The third-order valence-corrected chi connectivity index (χ3v) is 3.29. The van der Waals surface area contributed by atoms with Gasteiger partial charge in [-0.05, 0) is 31.2 Å². The molecule has 23 heavy (non-hydrogen) atoms. The first-order valence-corrected chi connectivity index (χ1v) is 7.36. The van der Waals surface area contributed by atoms with Crippen LogP contribution in [0.2, 0.25) is 0 Å². The van der Waals surface area contributed by atoms with Crippen molar-refractivity contribution in [2.75, 3.05) is 5.32 Å². The Labute approximate surface area is 134 Å². The van der Waals surface area contributed by atoms with Crippen LogP contribution in [-0.2, 0) is 4.79 Å². The zero-order valence-corrected chi connectivity index (χ0v) is 12.7. The highest BCUT2D eigenvalue weighted by molar-refractivity contribution is 5.94. The van der Waals surface area contributed by atoms with Crippen LogP contribution in [0.3, 0.4) is 0 Å². The number of carbonyl (C=O) groups is 1. The van der Waals surface area contributed by atoms with Gasteiger partial charge in [0.25, 0.3) is 5.91 Å². The first kappa shape index (κ1) is 14.8. The summed E-state index contributed by atoms with van der Waals surface area (Å²) in [5.41, 5.74) is 1.67. The number of amides is 1. The predicted molar refractivity (Wildman–Crippen MR) is 88.7 cm³/mol. The van der Waals surface area contributed by atoms with E-state index in [-0.39, 0.29) is 5.91 Å². The molecule has 0 spiro atoms. The van der Waals surface area contributed by atoms with E-state index in [2.05, 4.69) is 10.4 Å². The van der Waals surface area contributed by atoms with E-state index in [1.807, 2.05) is 60.7 Å². The molecule has 0 aliphatic carbocycles. The molecule has 0 bridgehead atoms. The Hall–Kier alpha value is -3.08. The van der Waals surface area contributed by atoms with Crippen molar-refractivity contribution in [1.82, 2.24) is 9.78 Å². The Kier molecular flexibility index (Phi) is 4.38. The Balaban J connectivity index is 1.63. The number of aromatic nitrogens is 2. The van der Waals surface area contributed by atoms with Gasteiger partial charge in [-0.1, -0.05) is 36.4 Å². The fourth-order valence-corrected chi connectivity index (χ4v) is 2.09. The topological polar surface area (TPSA) is 56.2 Å². The summed E-state index contributed by atoms with van der Waals surface area (Å²) in [6.07, 6.45) is 1.15. The van der Waals surface area contributed by atoms with Crippen molar-refractivity contribution in [3.8, 4) is 11.6 Å². The van der Waals surface area contributed by atoms with Crippen molar-refractivity contribution in [3.05, 3.63) is 72.9 Å². The summed E-state index contributed by atoms with van der Waals surface area (Å²) in [4.78, 5) is 12.1. The molecular formula is C18H17N3O2. The molecule has 0 saturated heterocycles. The van der Waals surface area contributed by atoms with Gasteiger partial charge in [0.05, 0.1) is 5.69 Å². The molecule has 0 radical (unpaired) electrons. The number of nitrogens with zero attached hydrogens (tertiary/aromatic N) is 2. The minimum Gasteiger partial charge on any atom is -0.463 e. The first-order chi connectivity index (χ1) is 11.2. The minimum absolute atomic E-state index is 0.217. The maximum absolute atomic E-state index is 12.1. The van der Waals surface area contributed by atoms with Crippen LogP contribution in [0.1, 0.15) is 6.92 Å². The summed E-state index contributed by atoms with van der Waals surface area (Å²) < 4.78 is 7.31. The Morgan fingerprint density at radius 1 is 1.04 bits per heavy atom. The molecule has 1 amide bonds. The van der Waals surface area contributed by atoms with Crippen molar-refractivity contribution in [2.24, 2.45) is 0 Å². The fourth-order valence-electron chi connectivity index (χ4n) is 2.09. The van der Waals surface area contributed by atoms with Gasteiger partial charge in [0, 0.05) is 18.0 Å². The van der Waals surface area contributed by atoms with Crippen LogP contribution in [-0.4, -0.2) is 21.8 Å². The van der Waals surface area contributed by atoms with Crippen molar-refractivity contribution >= 4 is 11.6 Å². The number of anilines is 1. The molecular weight excluding hydrogens is 290 g/mol. The lowest BCUT2D eigenvalue weighted by Gasteiger charge is -2.12. The van der Waals surface area contributed by atoms with Crippen LogP contribution in [0.15, 0.2) is 72.9 Å². The van der Waals surface area contributed by atoms with Crippen LogP contribution in [0.4, 0.5) is 5.69 Å². The molecule has 1 N–H and O–H groups in total. The lowest BCUT2D eigenvalue weighted by atomic mass is 10.3. The van der Waals surface area contributed by atoms with Gasteiger partial charge in [0.1, 0.15) is 0 Å². The largest absolute Gasteiger partial charge is 0.463 e. The highest BCUT2D eigenvalue weighted by atomic mass is 16.5. The van der Waals surface area contributed by atoms with Crippen LogP contribution in [0.5, 0.6) is 5.88 Å². The smallest absolute Gasteiger partial charge is 0.265 e. The quantitative estimate of drug-likeness (QED) is 0.787. The monoisotopic (exact) mass is 307 g/mol. The lowest BCUT2D eigenvalue weighted by Crippen LogP contribution is -2.30. The van der Waals surface area contributed by atoms with Gasteiger partial charge >= 0.3 is 0 Å². The minimum atomic E-state index is -0.644. The van der Waals surface area contributed by atoms with Crippen LogP contribution >= 0.6 is 0 Å². The number of para-hydroxylation sites is 2. The summed E-state index contributed by atoms with van der Waals surface area (Å²) in [5, 5.41) is 7.13. The van der Waals surface area contributed by atoms with Crippen molar-refractivity contribution in [2.45, 2.75) is 13.0 Å². The van der Waals surface area contributed by atoms with Gasteiger partial charge in [-0.2, -0.15) is 0 Å². The molecule has 0 aliphatic heterocycles. The lowest BCUT2D eigenvalue weighted by molar-refractivity contribution is -0.122. The van der Waals surface area contributed by atoms with E-state index in [9.17, 15) is 4.79 Å². The molecule has 1 aromatic heterocycles. The summed E-state index contributed by atoms with van der Waals surface area (Å²) in [7, 11) is 0. The third-order valence-electron chi connectivity index (χ3n) is 3.29. The maximum Gasteiger partial charge on any atom is 0.265 e. The molecule has 3 aromatic rings. The zero-order valence-electron chi connectivity index (χ0n) is 12.7. The average molecular weight is 307 g/mol. The molecule has 1 atom stereocenters. The molecule has 3 rings (SSSR count). The fraction of sp³-hybridized carbons (Fsp3) is 0.111. The van der Waals surface area contributed by atoms with Crippen molar-refractivity contribution in [3.63, 3.8) is 0 Å². The number of nitrogens with one attached hydrogen (secondary N) is 1. The van der Waals surface area contributed by atoms with Crippen LogP contribution in [0.25, 0.3) is 5.69 Å². The summed E-state index contributed by atoms with van der Waals surface area (Å²) in [6.45, 7) is 1.69. The summed E-state index contributed by atoms with van der Waals surface area (Å²) >= 11 is 0. The van der Waals surface area contributed by atoms with E-state index >= 15 is 0 Å². The number of ether oxygens (including phenoxy) is 1. The Morgan fingerprint density at radius 2 is 1.70 bits per heavy atom. The second-order valence-corrected chi connectivity index (χ2v) is 5.05. The molecule has 0 aliphatic rings. The number of benzene rings is 2. The van der Waals surface area contributed by atoms with E-state index in [1.54, 1.807) is 23.9 Å². The molecule has 0 fully saturated rings. The normalized spacial score (nSPS) is 11.7. The molecule has 1 heterocycles. The van der Waals surface area contributed by atoms with E-state index in [0.29, 0.717) is 5.88 Å². The van der Waals surface area contributed by atoms with Gasteiger partial charge in [-0.15, -0.1) is 5.10 Å². The zero-order chi connectivity index (χ0) is 16.1. The van der Waals surface area contributed by atoms with E-state index < -0.39 is 6.10 Å². The summed E-state index contributed by atoms with van der Waals surface area (Å²) in [6, 6.07) is 20.7. The van der Waals surface area contributed by atoms with Gasteiger partial charge in [0.15, 0.2) is 6.10 Å². The maximum atomic E-state index is 12.1. The standard InChI is InChI=1S/C18H17N3O2/c1-14(18(22)19-15-8-4-2-5-9-15)23-17-12-13-21(20-17)16-10-6-3-7-11-16/h2-14H,1H3,(H,19,22)/t14-/m0/s1. The molecule has 2 aromatic carbocycles. The van der Waals surface area contributed by atoms with Gasteiger partial charge in [0.2, 0.25) is 5.88 Å². The van der Waals surface area contributed by atoms with E-state index in [0.717, 1.165) is 11.4 Å². The van der Waals surface area contributed by atoms with E-state index in [1.165, 1.54) is 0 Å². The molecule has 5 nitrogen and oxygen atoms in total. The third kappa shape index (κ3) is 3.77. The Bertz CT molecular complexity index is 769. The highest BCUT2D eigenvalue weighted by Crippen LogP contribution is 2.14. The van der Waals surface area contributed by atoms with Gasteiger partial charge in [-0.3, -0.25) is 4.79 Å². The highest BCUT2D eigenvalue weighted by Gasteiger charge is 2.16. The molecule has 116 valence electrons. The number of carbonyl (C=O) groups excluding carboxylic acids is 1. The van der Waals surface area contributed by atoms with Crippen LogP contribution in [0, 0.1) is 0 Å². The van der Waals surface area contributed by atoms with Crippen molar-refractivity contribution in [1.29, 1.82) is 0 Å². The number of hydrogen-bond donors (Lipinski definition) is 1. The van der Waals surface area contributed by atoms with Crippen molar-refractivity contribution < 1.29 is 9.53 Å². The molecule has 5 heteroatoms. The second-order valence-electron chi connectivity index (χ2n) is 5.05. The van der Waals surface area contributed by atoms with Gasteiger partial charge in [-0.25, -0.2) is 4.68 Å². The molecule has 0 saturated carbocycles. The Morgan fingerprint density at radius 3 is 2.39 bits per heavy atom.